The number of aromatic carboxylic acids is 1. The van der Waals surface area contributed by atoms with Crippen molar-refractivity contribution in [2.24, 2.45) is 0 Å². The second-order valence-electron chi connectivity index (χ2n) is 4.54. The van der Waals surface area contributed by atoms with Crippen LogP contribution < -0.4 is 9.04 Å². The van der Waals surface area contributed by atoms with Crippen LogP contribution in [0.2, 0.25) is 0 Å². The zero-order valence-electron chi connectivity index (χ0n) is 11.0. The molecule has 0 spiro atoms. The lowest BCUT2D eigenvalue weighted by Gasteiger charge is -2.30. The number of anilines is 1. The van der Waals surface area contributed by atoms with E-state index in [4.69, 9.17) is 9.84 Å². The highest BCUT2D eigenvalue weighted by Crippen LogP contribution is 2.36. The van der Waals surface area contributed by atoms with E-state index in [0.29, 0.717) is 0 Å². The number of fused-ring (bicyclic) bond motifs is 1. The Bertz CT molecular complexity index is 783. The van der Waals surface area contributed by atoms with Gasteiger partial charge in [0.2, 0.25) is 10.0 Å². The summed E-state index contributed by atoms with van der Waals surface area (Å²) < 4.78 is 53.0. The number of sulfone groups is 1. The predicted octanol–water partition coefficient (Wildman–Crippen LogP) is -0.0845. The zero-order valence-corrected chi connectivity index (χ0v) is 12.6. The number of rotatable bonds is 4. The van der Waals surface area contributed by atoms with Crippen LogP contribution in [0.3, 0.4) is 0 Å². The van der Waals surface area contributed by atoms with Crippen LogP contribution in [-0.2, 0) is 19.9 Å². The number of carboxylic acids is 1. The lowest BCUT2D eigenvalue weighted by Crippen LogP contribution is -2.41. The number of carboxylic acid groups (broad SMARTS) is 1. The van der Waals surface area contributed by atoms with Crippen molar-refractivity contribution < 1.29 is 31.5 Å². The first kappa shape index (κ1) is 15.6. The van der Waals surface area contributed by atoms with Gasteiger partial charge in [0, 0.05) is 6.26 Å². The van der Waals surface area contributed by atoms with Gasteiger partial charge in [0.1, 0.15) is 12.2 Å². The van der Waals surface area contributed by atoms with Gasteiger partial charge >= 0.3 is 5.97 Å². The maximum absolute atomic E-state index is 12.2. The highest BCUT2D eigenvalue weighted by atomic mass is 32.3. The Balaban J connectivity index is 2.53. The van der Waals surface area contributed by atoms with Crippen molar-refractivity contribution in [3.8, 4) is 5.75 Å². The van der Waals surface area contributed by atoms with Crippen molar-refractivity contribution in [2.45, 2.75) is 0 Å². The van der Waals surface area contributed by atoms with Gasteiger partial charge in [-0.3, -0.25) is 4.31 Å². The third-order valence-electron chi connectivity index (χ3n) is 2.73. The molecule has 1 aromatic carbocycles. The highest BCUT2D eigenvalue weighted by molar-refractivity contribution is 8.08. The van der Waals surface area contributed by atoms with Crippen molar-refractivity contribution in [3.63, 3.8) is 0 Å². The van der Waals surface area contributed by atoms with Gasteiger partial charge in [0.25, 0.3) is 0 Å². The van der Waals surface area contributed by atoms with E-state index in [9.17, 15) is 21.6 Å². The standard InChI is InChI=1S/C11H13NO7S2/c1-20(15,16)7-21(17,18)12-5-6-19-10-8(11(13)14)3-2-4-9(10)12/h2-4H,5-7H2,1H3,(H,13,14). The molecule has 0 aromatic heterocycles. The topological polar surface area (TPSA) is 118 Å². The van der Waals surface area contributed by atoms with Gasteiger partial charge < -0.3 is 9.84 Å². The molecule has 1 heterocycles. The van der Waals surface area contributed by atoms with E-state index in [-0.39, 0.29) is 30.2 Å². The van der Waals surface area contributed by atoms with Gasteiger partial charge in [-0.05, 0) is 12.1 Å². The molecule has 0 bridgehead atoms. The lowest BCUT2D eigenvalue weighted by molar-refractivity contribution is 0.0692. The number of hydrogen-bond donors (Lipinski definition) is 1. The van der Waals surface area contributed by atoms with E-state index < -0.39 is 30.9 Å². The van der Waals surface area contributed by atoms with Crippen LogP contribution in [0.5, 0.6) is 5.75 Å². The SMILES string of the molecule is CS(=O)(=O)CS(=O)(=O)N1CCOc2c(C(=O)O)cccc21. The normalized spacial score (nSPS) is 15.2. The van der Waals surface area contributed by atoms with Gasteiger partial charge in [0.15, 0.2) is 20.7 Å². The summed E-state index contributed by atoms with van der Waals surface area (Å²) in [5, 5.41) is 8.03. The van der Waals surface area contributed by atoms with Crippen LogP contribution in [-0.4, -0.2) is 52.4 Å². The average molecular weight is 335 g/mol. The summed E-state index contributed by atoms with van der Waals surface area (Å²) in [6.07, 6.45) is 0.819. The lowest BCUT2D eigenvalue weighted by atomic mass is 10.1. The molecular formula is C11H13NO7S2. The molecule has 0 saturated carbocycles. The molecule has 0 fully saturated rings. The van der Waals surface area contributed by atoms with E-state index >= 15 is 0 Å². The zero-order chi connectivity index (χ0) is 15.8. The quantitative estimate of drug-likeness (QED) is 0.817. The van der Waals surface area contributed by atoms with Gasteiger partial charge in [-0.15, -0.1) is 0 Å². The second kappa shape index (κ2) is 5.19. The molecule has 21 heavy (non-hydrogen) atoms. The maximum Gasteiger partial charge on any atom is 0.339 e. The minimum Gasteiger partial charge on any atom is -0.489 e. The Labute approximate surface area is 121 Å². The van der Waals surface area contributed by atoms with E-state index in [1.165, 1.54) is 18.2 Å². The Hall–Kier alpha value is -1.81. The van der Waals surface area contributed by atoms with Crippen LogP contribution in [0.15, 0.2) is 18.2 Å². The molecular weight excluding hydrogens is 322 g/mol. The first-order chi connectivity index (χ1) is 9.62. The summed E-state index contributed by atoms with van der Waals surface area (Å²) in [4.78, 5) is 11.1. The fraction of sp³-hybridized carbons (Fsp3) is 0.364. The minimum absolute atomic E-state index is 0.0322. The molecule has 0 radical (unpaired) electrons. The number of nitrogens with zero attached hydrogens (tertiary/aromatic N) is 1. The molecule has 10 heteroatoms. The van der Waals surface area contributed by atoms with Crippen molar-refractivity contribution in [2.75, 3.05) is 28.8 Å². The fourth-order valence-corrected chi connectivity index (χ4v) is 5.48. The van der Waals surface area contributed by atoms with Gasteiger partial charge in [-0.1, -0.05) is 6.07 Å². The Morgan fingerprint density at radius 1 is 1.33 bits per heavy atom. The molecule has 0 aliphatic carbocycles. The molecule has 8 nitrogen and oxygen atoms in total. The van der Waals surface area contributed by atoms with Crippen molar-refractivity contribution >= 4 is 31.5 Å². The smallest absolute Gasteiger partial charge is 0.339 e. The van der Waals surface area contributed by atoms with Crippen LogP contribution in [0.1, 0.15) is 10.4 Å². The van der Waals surface area contributed by atoms with Crippen molar-refractivity contribution in [1.82, 2.24) is 0 Å². The average Bonchev–Trinajstić information content (AvgIpc) is 2.34. The molecule has 1 N–H and O–H groups in total. The molecule has 0 saturated heterocycles. The van der Waals surface area contributed by atoms with Gasteiger partial charge in [-0.2, -0.15) is 0 Å². The van der Waals surface area contributed by atoms with Crippen molar-refractivity contribution in [1.29, 1.82) is 0 Å². The molecule has 1 aromatic rings. The van der Waals surface area contributed by atoms with Crippen LogP contribution in [0.25, 0.3) is 0 Å². The first-order valence-corrected chi connectivity index (χ1v) is 9.46. The Morgan fingerprint density at radius 3 is 2.57 bits per heavy atom. The highest BCUT2D eigenvalue weighted by Gasteiger charge is 2.33. The van der Waals surface area contributed by atoms with E-state index in [0.717, 1.165) is 10.6 Å². The molecule has 0 atom stereocenters. The minimum atomic E-state index is -4.12. The number of para-hydroxylation sites is 1. The Morgan fingerprint density at radius 2 is 2.00 bits per heavy atom. The third kappa shape index (κ3) is 3.27. The van der Waals surface area contributed by atoms with E-state index in [1.54, 1.807) is 0 Å². The Kier molecular flexibility index (Phi) is 3.85. The summed E-state index contributed by atoms with van der Waals surface area (Å²) in [5.41, 5.74) is -0.142. The predicted molar refractivity (Wildman–Crippen MR) is 74.9 cm³/mol. The maximum atomic E-state index is 12.2. The summed E-state index contributed by atoms with van der Waals surface area (Å²) in [7, 11) is -7.87. The number of sulfonamides is 1. The van der Waals surface area contributed by atoms with Crippen LogP contribution >= 0.6 is 0 Å². The number of carbonyl (C=O) groups is 1. The van der Waals surface area contributed by atoms with E-state index in [1.807, 2.05) is 0 Å². The summed E-state index contributed by atoms with van der Waals surface area (Å²) >= 11 is 0. The number of hydrogen-bond acceptors (Lipinski definition) is 6. The number of ether oxygens (including phenoxy) is 1. The van der Waals surface area contributed by atoms with Gasteiger partial charge in [0.05, 0.1) is 12.2 Å². The van der Waals surface area contributed by atoms with Crippen LogP contribution in [0.4, 0.5) is 5.69 Å². The van der Waals surface area contributed by atoms with Crippen LogP contribution in [0, 0.1) is 0 Å². The summed E-state index contributed by atoms with van der Waals surface area (Å²) in [6.45, 7) is -0.131. The number of benzene rings is 1. The molecule has 0 unspecified atom stereocenters. The van der Waals surface area contributed by atoms with Crippen molar-refractivity contribution in [3.05, 3.63) is 23.8 Å². The third-order valence-corrected chi connectivity index (χ3v) is 6.69. The molecule has 1 aliphatic heterocycles. The molecule has 1 aliphatic rings. The van der Waals surface area contributed by atoms with E-state index in [2.05, 4.69) is 0 Å². The monoisotopic (exact) mass is 335 g/mol. The fourth-order valence-electron chi connectivity index (χ4n) is 2.02. The molecule has 2 rings (SSSR count). The molecule has 116 valence electrons. The largest absolute Gasteiger partial charge is 0.489 e. The second-order valence-corrected chi connectivity index (χ2v) is 8.93. The van der Waals surface area contributed by atoms with Gasteiger partial charge in [-0.25, -0.2) is 21.6 Å². The summed E-state index contributed by atoms with van der Waals surface area (Å²) in [6, 6.07) is 4.04. The first-order valence-electron chi connectivity index (χ1n) is 5.79. The molecule has 0 amide bonds. The summed E-state index contributed by atoms with van der Waals surface area (Å²) in [5.74, 6) is -1.33.